The normalized spacial score (nSPS) is 17.1. The quantitative estimate of drug-likeness (QED) is 0.530. The highest BCUT2D eigenvalue weighted by atomic mass is 16.6. The molecule has 0 aliphatic carbocycles. The van der Waals surface area contributed by atoms with Crippen LogP contribution in [0.4, 0.5) is 5.69 Å². The van der Waals surface area contributed by atoms with E-state index in [0.29, 0.717) is 5.69 Å². The number of esters is 3. The lowest BCUT2D eigenvalue weighted by Crippen LogP contribution is -2.36. The maximum Gasteiger partial charge on any atom is 0.355 e. The number of aryl methyl sites for hydroxylation is 1. The SMILES string of the molecule is CCOC(=O)[C@H](C)OC(=O)C1=NN(c2ccc(C)cc2)[C@H](C(=O)OCC)C1. The van der Waals surface area contributed by atoms with E-state index in [1.165, 1.54) is 11.9 Å². The van der Waals surface area contributed by atoms with E-state index in [-0.39, 0.29) is 25.3 Å². The minimum absolute atomic E-state index is 0.0289. The molecule has 2 atom stereocenters. The second-order valence-electron chi connectivity index (χ2n) is 6.00. The average molecular weight is 376 g/mol. The van der Waals surface area contributed by atoms with E-state index in [1.54, 1.807) is 26.0 Å². The van der Waals surface area contributed by atoms with Crippen LogP contribution in [-0.4, -0.2) is 49.0 Å². The molecule has 1 aromatic rings. The molecule has 0 radical (unpaired) electrons. The summed E-state index contributed by atoms with van der Waals surface area (Å²) >= 11 is 0. The molecule has 0 spiro atoms. The second-order valence-corrected chi connectivity index (χ2v) is 6.00. The summed E-state index contributed by atoms with van der Waals surface area (Å²) in [5.41, 5.74) is 1.75. The van der Waals surface area contributed by atoms with Gasteiger partial charge in [0.25, 0.3) is 0 Å². The second kappa shape index (κ2) is 9.16. The Morgan fingerprint density at radius 2 is 1.78 bits per heavy atom. The van der Waals surface area contributed by atoms with Crippen molar-refractivity contribution in [1.82, 2.24) is 0 Å². The molecule has 0 N–H and O–H groups in total. The van der Waals surface area contributed by atoms with E-state index in [9.17, 15) is 14.4 Å². The number of ether oxygens (including phenoxy) is 3. The Hall–Kier alpha value is -2.90. The summed E-state index contributed by atoms with van der Waals surface area (Å²) in [5.74, 6) is -1.88. The maximum absolute atomic E-state index is 12.4. The molecule has 8 nitrogen and oxygen atoms in total. The number of rotatable bonds is 7. The number of hydrogen-bond acceptors (Lipinski definition) is 8. The summed E-state index contributed by atoms with van der Waals surface area (Å²) in [5, 5.41) is 5.70. The van der Waals surface area contributed by atoms with Gasteiger partial charge in [0.05, 0.1) is 18.9 Å². The van der Waals surface area contributed by atoms with Crippen LogP contribution in [0.1, 0.15) is 32.8 Å². The first-order chi connectivity index (χ1) is 12.9. The van der Waals surface area contributed by atoms with E-state index >= 15 is 0 Å². The summed E-state index contributed by atoms with van der Waals surface area (Å²) in [6, 6.07) is 6.60. The summed E-state index contributed by atoms with van der Waals surface area (Å²) in [6.07, 6.45) is -1.03. The molecule has 0 fully saturated rings. The van der Waals surface area contributed by atoms with Crippen LogP contribution < -0.4 is 5.01 Å². The first-order valence-corrected chi connectivity index (χ1v) is 8.85. The third kappa shape index (κ3) is 5.06. The van der Waals surface area contributed by atoms with Crippen molar-refractivity contribution < 1.29 is 28.6 Å². The third-order valence-electron chi connectivity index (χ3n) is 3.91. The van der Waals surface area contributed by atoms with Crippen molar-refractivity contribution in [3.05, 3.63) is 29.8 Å². The lowest BCUT2D eigenvalue weighted by molar-refractivity contribution is -0.162. The monoisotopic (exact) mass is 376 g/mol. The molecule has 8 heteroatoms. The van der Waals surface area contributed by atoms with Gasteiger partial charge in [-0.2, -0.15) is 5.10 Å². The molecule has 1 aromatic carbocycles. The first-order valence-electron chi connectivity index (χ1n) is 8.85. The van der Waals surface area contributed by atoms with Crippen molar-refractivity contribution in [1.29, 1.82) is 0 Å². The lowest BCUT2D eigenvalue weighted by Gasteiger charge is -2.21. The fourth-order valence-corrected chi connectivity index (χ4v) is 2.53. The van der Waals surface area contributed by atoms with Crippen molar-refractivity contribution in [3.8, 4) is 0 Å². The smallest absolute Gasteiger partial charge is 0.355 e. The van der Waals surface area contributed by atoms with Gasteiger partial charge in [-0.25, -0.2) is 14.4 Å². The van der Waals surface area contributed by atoms with Crippen LogP contribution in [0.3, 0.4) is 0 Å². The van der Waals surface area contributed by atoms with Gasteiger partial charge < -0.3 is 14.2 Å². The number of hydrogen-bond donors (Lipinski definition) is 0. The molecule has 27 heavy (non-hydrogen) atoms. The van der Waals surface area contributed by atoms with Gasteiger partial charge in [-0.1, -0.05) is 17.7 Å². The third-order valence-corrected chi connectivity index (χ3v) is 3.91. The van der Waals surface area contributed by atoms with Crippen LogP contribution in [0.25, 0.3) is 0 Å². The summed E-state index contributed by atoms with van der Waals surface area (Å²) in [4.78, 5) is 36.3. The fraction of sp³-hybridized carbons (Fsp3) is 0.474. The molecule has 0 bridgehead atoms. The molecule has 0 aromatic heterocycles. The van der Waals surface area contributed by atoms with E-state index in [0.717, 1.165) is 5.56 Å². The van der Waals surface area contributed by atoms with Gasteiger partial charge in [0, 0.05) is 6.42 Å². The zero-order valence-corrected chi connectivity index (χ0v) is 15.9. The molecule has 146 valence electrons. The Morgan fingerprint density at radius 3 is 2.37 bits per heavy atom. The molecule has 0 saturated carbocycles. The summed E-state index contributed by atoms with van der Waals surface area (Å²) in [7, 11) is 0. The highest BCUT2D eigenvalue weighted by Crippen LogP contribution is 2.26. The van der Waals surface area contributed by atoms with Gasteiger partial charge in [0.1, 0.15) is 5.71 Å². The number of carbonyl (C=O) groups excluding carboxylic acids is 3. The average Bonchev–Trinajstić information content (AvgIpc) is 3.08. The van der Waals surface area contributed by atoms with Crippen LogP contribution in [0.5, 0.6) is 0 Å². The minimum atomic E-state index is -1.06. The van der Waals surface area contributed by atoms with Gasteiger partial charge in [-0.15, -0.1) is 0 Å². The number of nitrogens with zero attached hydrogens (tertiary/aromatic N) is 2. The van der Waals surface area contributed by atoms with E-state index in [4.69, 9.17) is 14.2 Å². The van der Waals surface area contributed by atoms with Crippen molar-refractivity contribution in [2.24, 2.45) is 5.10 Å². The van der Waals surface area contributed by atoms with E-state index in [2.05, 4.69) is 5.10 Å². The Balaban J connectivity index is 2.20. The Bertz CT molecular complexity index is 728. The minimum Gasteiger partial charge on any atom is -0.464 e. The number of anilines is 1. The van der Waals surface area contributed by atoms with Crippen LogP contribution in [-0.2, 0) is 28.6 Å². The number of hydrazone groups is 1. The summed E-state index contributed by atoms with van der Waals surface area (Å²) < 4.78 is 15.0. The van der Waals surface area contributed by atoms with Gasteiger partial charge >= 0.3 is 17.9 Å². The lowest BCUT2D eigenvalue weighted by atomic mass is 10.1. The van der Waals surface area contributed by atoms with Crippen LogP contribution in [0.2, 0.25) is 0 Å². The Kier molecular flexibility index (Phi) is 6.92. The van der Waals surface area contributed by atoms with Gasteiger partial charge in [-0.3, -0.25) is 5.01 Å². The predicted octanol–water partition coefficient (Wildman–Crippen LogP) is 1.99. The molecule has 0 amide bonds. The van der Waals surface area contributed by atoms with Crippen LogP contribution >= 0.6 is 0 Å². The molecular weight excluding hydrogens is 352 g/mol. The predicted molar refractivity (Wildman–Crippen MR) is 98.3 cm³/mol. The molecule has 1 heterocycles. The Labute approximate surface area is 158 Å². The fourth-order valence-electron chi connectivity index (χ4n) is 2.53. The first kappa shape index (κ1) is 20.4. The number of benzene rings is 1. The highest BCUT2D eigenvalue weighted by Gasteiger charge is 2.38. The molecule has 2 rings (SSSR count). The van der Waals surface area contributed by atoms with Crippen LogP contribution in [0.15, 0.2) is 29.4 Å². The number of carbonyl (C=O) groups is 3. The van der Waals surface area contributed by atoms with E-state index in [1.807, 2.05) is 19.1 Å². The Morgan fingerprint density at radius 1 is 1.15 bits per heavy atom. The molecule has 0 unspecified atom stereocenters. The zero-order chi connectivity index (χ0) is 20.0. The van der Waals surface area contributed by atoms with Crippen molar-refractivity contribution in [2.75, 3.05) is 18.2 Å². The van der Waals surface area contributed by atoms with Crippen LogP contribution in [0, 0.1) is 6.92 Å². The van der Waals surface area contributed by atoms with Crippen molar-refractivity contribution in [2.45, 2.75) is 46.3 Å². The molecule has 0 saturated heterocycles. The van der Waals surface area contributed by atoms with Crippen molar-refractivity contribution >= 4 is 29.3 Å². The van der Waals surface area contributed by atoms with Gasteiger partial charge in [0.15, 0.2) is 12.1 Å². The molecule has 1 aliphatic heterocycles. The summed E-state index contributed by atoms with van der Waals surface area (Å²) in [6.45, 7) is 7.15. The highest BCUT2D eigenvalue weighted by molar-refractivity contribution is 6.38. The van der Waals surface area contributed by atoms with E-state index < -0.39 is 30.1 Å². The molecule has 1 aliphatic rings. The molecular formula is C19H24N2O6. The topological polar surface area (TPSA) is 94.5 Å². The largest absolute Gasteiger partial charge is 0.464 e. The standard InChI is InChI=1S/C19H24N2O6/c1-5-25-17(22)13(4)27-18(23)15-11-16(19(24)26-6-2)21(20-15)14-9-7-12(3)8-10-14/h7-10,13,16H,5-6,11H2,1-4H3/t13-,16-/m0/s1. The zero-order valence-electron chi connectivity index (χ0n) is 15.9. The van der Waals surface area contributed by atoms with Gasteiger partial charge in [0.2, 0.25) is 0 Å². The van der Waals surface area contributed by atoms with Crippen molar-refractivity contribution in [3.63, 3.8) is 0 Å². The maximum atomic E-state index is 12.4. The van der Waals surface area contributed by atoms with Gasteiger partial charge in [-0.05, 0) is 39.8 Å².